The Balaban J connectivity index is 1.77. The lowest BCUT2D eigenvalue weighted by Crippen LogP contribution is -2.44. The molecular formula is C19H22O4. The molecule has 3 saturated carbocycles. The average molecular weight is 314 g/mol. The third-order valence-electron chi connectivity index (χ3n) is 7.85. The van der Waals surface area contributed by atoms with Crippen molar-refractivity contribution in [2.24, 2.45) is 34.5 Å². The lowest BCUT2D eigenvalue weighted by atomic mass is 9.62. The predicted molar refractivity (Wildman–Crippen MR) is 82.3 cm³/mol. The van der Waals surface area contributed by atoms with Crippen molar-refractivity contribution in [3.05, 3.63) is 24.3 Å². The maximum absolute atomic E-state index is 12.6. The van der Waals surface area contributed by atoms with Crippen molar-refractivity contribution < 1.29 is 19.4 Å². The number of carbonyl (C=O) groups is 2. The van der Waals surface area contributed by atoms with Gasteiger partial charge >= 0.3 is 11.9 Å². The van der Waals surface area contributed by atoms with Gasteiger partial charge in [0.15, 0.2) is 0 Å². The summed E-state index contributed by atoms with van der Waals surface area (Å²) in [5, 5.41) is 10.1. The molecule has 0 radical (unpaired) electrons. The Kier molecular flexibility index (Phi) is 2.24. The fraction of sp³-hybridized carbons (Fsp3) is 0.684. The van der Waals surface area contributed by atoms with E-state index in [0.29, 0.717) is 12.3 Å². The van der Waals surface area contributed by atoms with Gasteiger partial charge in [-0.3, -0.25) is 9.59 Å². The van der Waals surface area contributed by atoms with Crippen LogP contribution >= 0.6 is 0 Å². The van der Waals surface area contributed by atoms with E-state index in [1.807, 2.05) is 13.0 Å². The molecular weight excluding hydrogens is 292 g/mol. The molecule has 1 N–H and O–H groups in total. The largest absolute Gasteiger partial charge is 0.481 e. The summed E-state index contributed by atoms with van der Waals surface area (Å²) >= 11 is 0. The van der Waals surface area contributed by atoms with E-state index in [1.54, 1.807) is 0 Å². The second-order valence-electron chi connectivity index (χ2n) is 8.66. The quantitative estimate of drug-likeness (QED) is 0.597. The lowest BCUT2D eigenvalue weighted by molar-refractivity contribution is -0.158. The predicted octanol–water partition coefficient (Wildman–Crippen LogP) is 2.94. The van der Waals surface area contributed by atoms with Crippen LogP contribution in [-0.2, 0) is 14.3 Å². The van der Waals surface area contributed by atoms with Gasteiger partial charge in [-0.15, -0.1) is 0 Å². The van der Waals surface area contributed by atoms with Crippen molar-refractivity contribution in [3.8, 4) is 0 Å². The molecule has 122 valence electrons. The van der Waals surface area contributed by atoms with Crippen LogP contribution in [0.15, 0.2) is 24.3 Å². The highest BCUT2D eigenvalue weighted by atomic mass is 16.6. The van der Waals surface area contributed by atoms with Crippen LogP contribution in [0.3, 0.4) is 0 Å². The second kappa shape index (κ2) is 3.73. The monoisotopic (exact) mass is 314 g/mol. The number of esters is 1. The number of rotatable bonds is 1. The summed E-state index contributed by atoms with van der Waals surface area (Å²) in [4.78, 5) is 25.0. The number of carboxylic acid groups (broad SMARTS) is 1. The highest BCUT2D eigenvalue weighted by molar-refractivity contribution is 5.85. The Bertz CT molecular complexity index is 693. The van der Waals surface area contributed by atoms with Crippen LogP contribution < -0.4 is 0 Å². The Morgan fingerprint density at radius 1 is 1.43 bits per heavy atom. The Morgan fingerprint density at radius 3 is 2.96 bits per heavy atom. The van der Waals surface area contributed by atoms with Crippen LogP contribution in [-0.4, -0.2) is 22.6 Å². The van der Waals surface area contributed by atoms with Gasteiger partial charge in [0.05, 0.1) is 11.3 Å². The van der Waals surface area contributed by atoms with Crippen molar-refractivity contribution in [3.63, 3.8) is 0 Å². The molecule has 4 fully saturated rings. The van der Waals surface area contributed by atoms with Crippen LogP contribution in [0.1, 0.15) is 39.0 Å². The van der Waals surface area contributed by atoms with Crippen LogP contribution in [0.5, 0.6) is 0 Å². The fourth-order valence-electron chi connectivity index (χ4n) is 7.15. The first-order chi connectivity index (χ1) is 10.9. The van der Waals surface area contributed by atoms with Gasteiger partial charge in [-0.2, -0.15) is 0 Å². The van der Waals surface area contributed by atoms with Crippen molar-refractivity contribution >= 4 is 11.9 Å². The zero-order valence-electron chi connectivity index (χ0n) is 13.4. The van der Waals surface area contributed by atoms with E-state index in [9.17, 15) is 14.7 Å². The highest BCUT2D eigenvalue weighted by Gasteiger charge is 2.80. The summed E-state index contributed by atoms with van der Waals surface area (Å²) in [5.74, 6) is -1.12. The van der Waals surface area contributed by atoms with Gasteiger partial charge < -0.3 is 9.84 Å². The molecule has 4 nitrogen and oxygen atoms in total. The molecule has 0 aromatic rings. The first-order valence-electron chi connectivity index (χ1n) is 8.67. The molecule has 1 heterocycles. The molecule has 5 rings (SSSR count). The van der Waals surface area contributed by atoms with Gasteiger partial charge in [0, 0.05) is 11.8 Å². The third kappa shape index (κ3) is 1.25. The SMILES string of the molecule is C=C1C[C@@]23CC1CC[C@H]2[C@@]12C=CCC(C)(C(=O)O1)[C@H]2[C@@H]3C(=O)O. The second-order valence-corrected chi connectivity index (χ2v) is 8.66. The van der Waals surface area contributed by atoms with E-state index in [2.05, 4.69) is 12.7 Å². The molecule has 0 aromatic heterocycles. The van der Waals surface area contributed by atoms with Crippen molar-refractivity contribution in [2.45, 2.75) is 44.6 Å². The fourth-order valence-corrected chi connectivity index (χ4v) is 7.15. The number of carboxylic acids is 1. The zero-order valence-corrected chi connectivity index (χ0v) is 13.4. The number of aliphatic carboxylic acids is 1. The summed E-state index contributed by atoms with van der Waals surface area (Å²) in [6.07, 6.45) is 8.38. The number of allylic oxidation sites excluding steroid dienone is 2. The van der Waals surface area contributed by atoms with E-state index in [0.717, 1.165) is 25.7 Å². The summed E-state index contributed by atoms with van der Waals surface area (Å²) in [7, 11) is 0. The van der Waals surface area contributed by atoms with Gasteiger partial charge in [-0.25, -0.2) is 0 Å². The van der Waals surface area contributed by atoms with Crippen LogP contribution in [0.2, 0.25) is 0 Å². The minimum atomic E-state index is -0.753. The summed E-state index contributed by atoms with van der Waals surface area (Å²) in [6, 6.07) is 0. The molecule has 4 bridgehead atoms. The Morgan fingerprint density at radius 2 is 2.22 bits per heavy atom. The first-order valence-corrected chi connectivity index (χ1v) is 8.67. The average Bonchev–Trinajstić information content (AvgIpc) is 2.92. The lowest BCUT2D eigenvalue weighted by Gasteiger charge is -2.42. The molecule has 4 aliphatic carbocycles. The minimum absolute atomic E-state index is 0.124. The van der Waals surface area contributed by atoms with Crippen molar-refractivity contribution in [2.75, 3.05) is 0 Å². The molecule has 1 spiro atoms. The molecule has 0 amide bonds. The maximum atomic E-state index is 12.6. The van der Waals surface area contributed by atoms with Crippen LogP contribution in [0, 0.1) is 34.5 Å². The normalized spacial score (nSPS) is 55.5. The number of hydrogen-bond acceptors (Lipinski definition) is 3. The van der Waals surface area contributed by atoms with Gasteiger partial charge in [-0.05, 0) is 56.4 Å². The van der Waals surface area contributed by atoms with Gasteiger partial charge in [-0.1, -0.05) is 18.2 Å². The Hall–Kier alpha value is -1.58. The van der Waals surface area contributed by atoms with Crippen molar-refractivity contribution in [1.29, 1.82) is 0 Å². The number of carbonyl (C=O) groups excluding carboxylic acids is 1. The Labute approximate surface area is 135 Å². The molecule has 5 aliphatic rings. The van der Waals surface area contributed by atoms with E-state index in [-0.39, 0.29) is 23.2 Å². The third-order valence-corrected chi connectivity index (χ3v) is 7.85. The molecule has 23 heavy (non-hydrogen) atoms. The van der Waals surface area contributed by atoms with Gasteiger partial charge in [0.25, 0.3) is 0 Å². The minimum Gasteiger partial charge on any atom is -0.481 e. The summed E-state index contributed by atoms with van der Waals surface area (Å²) in [5.41, 5.74) is -0.441. The highest BCUT2D eigenvalue weighted by Crippen LogP contribution is 2.76. The molecule has 2 unspecified atom stereocenters. The van der Waals surface area contributed by atoms with Crippen LogP contribution in [0.25, 0.3) is 0 Å². The van der Waals surface area contributed by atoms with Gasteiger partial charge in [0.2, 0.25) is 0 Å². The summed E-state index contributed by atoms with van der Waals surface area (Å²) < 4.78 is 6.01. The summed E-state index contributed by atoms with van der Waals surface area (Å²) in [6.45, 7) is 6.15. The van der Waals surface area contributed by atoms with E-state index in [4.69, 9.17) is 4.74 Å². The number of hydrogen-bond donors (Lipinski definition) is 1. The smallest absolute Gasteiger partial charge is 0.313 e. The van der Waals surface area contributed by atoms with Crippen LogP contribution in [0.4, 0.5) is 0 Å². The van der Waals surface area contributed by atoms with E-state index >= 15 is 0 Å². The topological polar surface area (TPSA) is 63.6 Å². The first kappa shape index (κ1) is 13.8. The van der Waals surface area contributed by atoms with E-state index < -0.39 is 22.9 Å². The molecule has 1 saturated heterocycles. The molecule has 1 aliphatic heterocycles. The van der Waals surface area contributed by atoms with Gasteiger partial charge in [0.1, 0.15) is 5.60 Å². The zero-order chi connectivity index (χ0) is 16.2. The number of fused-ring (bicyclic) bond motifs is 1. The standard InChI is InChI=1S/C19H22O4/c1-10-8-18-9-11(10)4-5-12(18)19-7-3-6-17(2,16(22)23-19)14(19)13(18)15(20)21/h3,7,11-14H,1,4-6,8-9H2,2H3,(H,20,21)/t11?,12-,13-,14-,17?,18-,19-/m1/s1. The van der Waals surface area contributed by atoms with Crippen molar-refractivity contribution in [1.82, 2.24) is 0 Å². The molecule has 7 atom stereocenters. The van der Waals surface area contributed by atoms with E-state index in [1.165, 1.54) is 5.57 Å². The number of ether oxygens (including phenoxy) is 1. The molecule has 4 heteroatoms. The molecule has 0 aromatic carbocycles. The maximum Gasteiger partial charge on any atom is 0.313 e.